The van der Waals surface area contributed by atoms with Crippen LogP contribution in [-0.4, -0.2) is 41.1 Å². The number of halogens is 3. The highest BCUT2D eigenvalue weighted by Gasteiger charge is 2.31. The molecule has 8 nitrogen and oxygen atoms in total. The number of hydrogen-bond donors (Lipinski definition) is 1. The summed E-state index contributed by atoms with van der Waals surface area (Å²) in [6.45, 7) is 8.09. The minimum atomic E-state index is -4.46. The van der Waals surface area contributed by atoms with Crippen molar-refractivity contribution in [2.45, 2.75) is 39.9 Å². The number of carbonyl (C=O) groups is 1. The molecule has 11 heteroatoms. The number of amides is 1. The molecule has 1 amide bonds. The number of imidazole rings is 2. The summed E-state index contributed by atoms with van der Waals surface area (Å²) in [5, 5.41) is 0. The molecular weight excluding hydrogens is 483 g/mol. The molecule has 0 fully saturated rings. The fraction of sp³-hybridized carbons (Fsp3) is 0.308. The SMILES string of the molecule is Cc1ncn2c1c(N)nc1ccc(C(=O)N(CC(C)C)C(C)c3cn4cc(C(F)(F)F)ccc4n3)cc12. The number of pyridine rings is 1. The number of benzene rings is 1. The van der Waals surface area contributed by atoms with Crippen molar-refractivity contribution in [3.8, 4) is 0 Å². The minimum absolute atomic E-state index is 0.144. The van der Waals surface area contributed by atoms with Gasteiger partial charge in [0.15, 0.2) is 0 Å². The Morgan fingerprint density at radius 2 is 1.86 bits per heavy atom. The normalized spacial score (nSPS) is 13.2. The third kappa shape index (κ3) is 4.34. The van der Waals surface area contributed by atoms with Crippen molar-refractivity contribution >= 4 is 33.9 Å². The average molecular weight is 510 g/mol. The molecule has 0 radical (unpaired) electrons. The van der Waals surface area contributed by atoms with E-state index in [-0.39, 0.29) is 11.8 Å². The molecule has 0 saturated heterocycles. The van der Waals surface area contributed by atoms with Crippen molar-refractivity contribution in [3.05, 3.63) is 71.6 Å². The fourth-order valence-electron chi connectivity index (χ4n) is 4.57. The van der Waals surface area contributed by atoms with Crippen molar-refractivity contribution in [3.63, 3.8) is 0 Å². The van der Waals surface area contributed by atoms with Gasteiger partial charge in [-0.1, -0.05) is 13.8 Å². The van der Waals surface area contributed by atoms with E-state index >= 15 is 0 Å². The van der Waals surface area contributed by atoms with Crippen LogP contribution in [0.3, 0.4) is 0 Å². The maximum absolute atomic E-state index is 13.8. The van der Waals surface area contributed by atoms with Crippen molar-refractivity contribution in [1.82, 2.24) is 28.7 Å². The maximum atomic E-state index is 13.8. The zero-order valence-electron chi connectivity index (χ0n) is 20.8. The lowest BCUT2D eigenvalue weighted by Gasteiger charge is -2.30. The van der Waals surface area contributed by atoms with E-state index in [9.17, 15) is 18.0 Å². The summed E-state index contributed by atoms with van der Waals surface area (Å²) in [6, 6.07) is 7.05. The molecule has 1 atom stereocenters. The average Bonchev–Trinajstić information content (AvgIpc) is 3.44. The molecule has 192 valence electrons. The smallest absolute Gasteiger partial charge is 0.382 e. The first-order chi connectivity index (χ1) is 17.4. The summed E-state index contributed by atoms with van der Waals surface area (Å²) in [6.07, 6.45) is -0.257. The number of hydrogen-bond acceptors (Lipinski definition) is 5. The van der Waals surface area contributed by atoms with Gasteiger partial charge in [-0.2, -0.15) is 13.2 Å². The van der Waals surface area contributed by atoms with E-state index in [1.165, 1.54) is 10.5 Å². The first kappa shape index (κ1) is 24.5. The molecular formula is C26H26F3N7O. The molecule has 1 aromatic carbocycles. The van der Waals surface area contributed by atoms with Crippen molar-refractivity contribution in [2.24, 2.45) is 5.92 Å². The lowest BCUT2D eigenvalue weighted by Crippen LogP contribution is -2.36. The van der Waals surface area contributed by atoms with Gasteiger partial charge in [-0.25, -0.2) is 15.0 Å². The molecule has 2 N–H and O–H groups in total. The van der Waals surface area contributed by atoms with Gasteiger partial charge in [-0.15, -0.1) is 0 Å². The molecule has 0 aliphatic rings. The van der Waals surface area contributed by atoms with E-state index in [4.69, 9.17) is 5.73 Å². The van der Waals surface area contributed by atoms with Crippen molar-refractivity contribution in [1.29, 1.82) is 0 Å². The Hall–Kier alpha value is -4.15. The van der Waals surface area contributed by atoms with Crippen LogP contribution in [0, 0.1) is 12.8 Å². The quantitative estimate of drug-likeness (QED) is 0.347. The number of alkyl halides is 3. The van der Waals surface area contributed by atoms with E-state index in [0.29, 0.717) is 45.8 Å². The highest BCUT2D eigenvalue weighted by atomic mass is 19.4. The van der Waals surface area contributed by atoms with E-state index in [1.807, 2.05) is 32.1 Å². The molecule has 37 heavy (non-hydrogen) atoms. The Kier molecular flexibility index (Phi) is 5.81. The number of nitrogens with two attached hydrogens (primary N) is 1. The lowest BCUT2D eigenvalue weighted by atomic mass is 10.1. The molecule has 1 unspecified atom stereocenters. The second-order valence-corrected chi connectivity index (χ2v) is 9.62. The van der Waals surface area contributed by atoms with Crippen LogP contribution in [0.25, 0.3) is 22.2 Å². The van der Waals surface area contributed by atoms with E-state index in [1.54, 1.807) is 35.6 Å². The molecule has 0 bridgehead atoms. The van der Waals surface area contributed by atoms with Crippen LogP contribution in [0.1, 0.15) is 54.1 Å². The van der Waals surface area contributed by atoms with Crippen LogP contribution in [-0.2, 0) is 6.18 Å². The summed E-state index contributed by atoms with van der Waals surface area (Å²) < 4.78 is 42.7. The summed E-state index contributed by atoms with van der Waals surface area (Å²) in [4.78, 5) is 28.8. The molecule has 4 aromatic heterocycles. The largest absolute Gasteiger partial charge is 0.417 e. The van der Waals surface area contributed by atoms with Gasteiger partial charge in [-0.3, -0.25) is 9.20 Å². The number of aromatic nitrogens is 5. The van der Waals surface area contributed by atoms with Crippen molar-refractivity contribution in [2.75, 3.05) is 12.3 Å². The first-order valence-electron chi connectivity index (χ1n) is 11.8. The third-order valence-electron chi connectivity index (χ3n) is 6.43. The maximum Gasteiger partial charge on any atom is 0.417 e. The van der Waals surface area contributed by atoms with Gasteiger partial charge in [0.1, 0.15) is 23.3 Å². The van der Waals surface area contributed by atoms with Crippen LogP contribution in [0.2, 0.25) is 0 Å². The van der Waals surface area contributed by atoms with Gasteiger partial charge in [0.05, 0.1) is 34.0 Å². The summed E-state index contributed by atoms with van der Waals surface area (Å²) >= 11 is 0. The topological polar surface area (TPSA) is 93.8 Å². The number of nitrogens with zero attached hydrogens (tertiary/aromatic N) is 6. The number of nitrogen functional groups attached to an aromatic ring is 1. The molecule has 0 aliphatic carbocycles. The molecule has 4 heterocycles. The van der Waals surface area contributed by atoms with Gasteiger partial charge < -0.3 is 15.0 Å². The third-order valence-corrected chi connectivity index (χ3v) is 6.43. The standard InChI is InChI=1S/C26H26F3N7O/c1-14(2)10-35(16(4)20-12-34-11-18(26(27,28)29)6-8-22(34)32-20)25(37)17-5-7-19-21(9-17)36-13-31-15(3)23(36)24(30)33-19/h5-9,11-14,16H,10H2,1-4H3,(H2,30,33). The summed E-state index contributed by atoms with van der Waals surface area (Å²) in [5.41, 5.74) is 9.42. The summed E-state index contributed by atoms with van der Waals surface area (Å²) in [7, 11) is 0. The predicted molar refractivity (Wildman–Crippen MR) is 134 cm³/mol. The zero-order valence-corrected chi connectivity index (χ0v) is 20.8. The van der Waals surface area contributed by atoms with Gasteiger partial charge in [0.25, 0.3) is 5.91 Å². The molecule has 0 spiro atoms. The number of rotatable bonds is 5. The Morgan fingerprint density at radius 3 is 2.57 bits per heavy atom. The van der Waals surface area contributed by atoms with Gasteiger partial charge in [0, 0.05) is 24.5 Å². The van der Waals surface area contributed by atoms with Crippen LogP contribution >= 0.6 is 0 Å². The first-order valence-corrected chi connectivity index (χ1v) is 11.8. The zero-order chi connectivity index (χ0) is 26.6. The highest BCUT2D eigenvalue weighted by molar-refractivity contribution is 5.98. The Labute approximate surface area is 210 Å². The van der Waals surface area contributed by atoms with Crippen LogP contribution in [0.15, 0.2) is 49.1 Å². The summed E-state index contributed by atoms with van der Waals surface area (Å²) in [5.74, 6) is 0.278. The van der Waals surface area contributed by atoms with E-state index in [0.717, 1.165) is 18.0 Å². The predicted octanol–water partition coefficient (Wildman–Crippen LogP) is 5.30. The van der Waals surface area contributed by atoms with Crippen LogP contribution in [0.5, 0.6) is 0 Å². The van der Waals surface area contributed by atoms with E-state index in [2.05, 4.69) is 15.0 Å². The lowest BCUT2D eigenvalue weighted by molar-refractivity contribution is -0.137. The van der Waals surface area contributed by atoms with Gasteiger partial charge in [0.2, 0.25) is 0 Å². The minimum Gasteiger partial charge on any atom is -0.382 e. The van der Waals surface area contributed by atoms with Crippen LogP contribution in [0.4, 0.5) is 19.0 Å². The van der Waals surface area contributed by atoms with Gasteiger partial charge >= 0.3 is 6.18 Å². The van der Waals surface area contributed by atoms with Gasteiger partial charge in [-0.05, 0) is 50.1 Å². The Morgan fingerprint density at radius 1 is 1.11 bits per heavy atom. The van der Waals surface area contributed by atoms with Crippen molar-refractivity contribution < 1.29 is 18.0 Å². The molecule has 5 rings (SSSR count). The molecule has 0 saturated carbocycles. The highest BCUT2D eigenvalue weighted by Crippen LogP contribution is 2.31. The van der Waals surface area contributed by atoms with Crippen LogP contribution < -0.4 is 5.73 Å². The molecule has 5 aromatic rings. The number of anilines is 1. The monoisotopic (exact) mass is 509 g/mol. The Bertz CT molecular complexity index is 1650. The second kappa shape index (κ2) is 8.75. The number of carbonyl (C=O) groups excluding carboxylic acids is 1. The number of aryl methyl sites for hydroxylation is 1. The van der Waals surface area contributed by atoms with E-state index < -0.39 is 17.8 Å². The Balaban J connectivity index is 1.55. The molecule has 0 aliphatic heterocycles. The number of fused-ring (bicyclic) bond motifs is 4. The second-order valence-electron chi connectivity index (χ2n) is 9.62. The fourth-order valence-corrected chi connectivity index (χ4v) is 4.57.